The molecule has 0 bridgehead atoms. The molecule has 0 atom stereocenters. The van der Waals surface area contributed by atoms with Gasteiger partial charge in [-0.1, -0.05) is 17.8 Å². The summed E-state index contributed by atoms with van der Waals surface area (Å²) < 4.78 is 17.9. The fourth-order valence-electron chi connectivity index (χ4n) is 4.42. The van der Waals surface area contributed by atoms with Gasteiger partial charge in [0.1, 0.15) is 17.8 Å². The van der Waals surface area contributed by atoms with Gasteiger partial charge in [-0.25, -0.2) is 14.4 Å². The summed E-state index contributed by atoms with van der Waals surface area (Å²) in [6, 6.07) is 13.2. The summed E-state index contributed by atoms with van der Waals surface area (Å²) in [6.07, 6.45) is 10.6. The Morgan fingerprint density at radius 2 is 1.70 bits per heavy atom. The summed E-state index contributed by atoms with van der Waals surface area (Å²) in [5, 5.41) is 9.60. The van der Waals surface area contributed by atoms with E-state index in [4.69, 9.17) is 0 Å². The zero-order valence-electron chi connectivity index (χ0n) is 20.1. The Morgan fingerprint density at radius 1 is 0.865 bits per heavy atom. The summed E-state index contributed by atoms with van der Waals surface area (Å²) >= 11 is 0. The molecule has 4 heterocycles. The highest BCUT2D eigenvalue weighted by Crippen LogP contribution is 2.35. The van der Waals surface area contributed by atoms with Crippen molar-refractivity contribution in [3.8, 4) is 33.6 Å². The van der Waals surface area contributed by atoms with Crippen LogP contribution in [0.3, 0.4) is 0 Å². The van der Waals surface area contributed by atoms with Crippen LogP contribution in [0.15, 0.2) is 73.6 Å². The number of rotatable bonds is 6. The summed E-state index contributed by atoms with van der Waals surface area (Å²) in [6.45, 7) is 0.486. The number of hydrogen-bond acceptors (Lipinski definition) is 5. The Bertz CT molecular complexity index is 1870. The summed E-state index contributed by atoms with van der Waals surface area (Å²) in [5.74, 6) is 7.78. The summed E-state index contributed by atoms with van der Waals surface area (Å²) in [5.41, 5.74) is 7.72. The van der Waals surface area contributed by atoms with E-state index in [1.54, 1.807) is 24.8 Å². The lowest BCUT2D eigenvalue weighted by molar-refractivity contribution is 0.625. The predicted molar refractivity (Wildman–Crippen MR) is 152 cm³/mol. The van der Waals surface area contributed by atoms with Crippen molar-refractivity contribution in [3.63, 3.8) is 0 Å². The van der Waals surface area contributed by atoms with E-state index < -0.39 is 9.39 Å². The van der Waals surface area contributed by atoms with Crippen molar-refractivity contribution in [2.24, 2.45) is 0 Å². The van der Waals surface area contributed by atoms with Gasteiger partial charge in [-0.3, -0.25) is 14.8 Å². The van der Waals surface area contributed by atoms with Crippen LogP contribution in [0.5, 0.6) is 0 Å². The minimum absolute atomic E-state index is 0.303. The third kappa shape index (κ3) is 4.62. The molecule has 4 aromatic heterocycles. The molecule has 0 spiro atoms. The molecular formula is C28H24FN7S. The van der Waals surface area contributed by atoms with Gasteiger partial charge in [0, 0.05) is 47.0 Å². The van der Waals surface area contributed by atoms with Crippen LogP contribution in [0.1, 0.15) is 5.56 Å². The number of pyridine rings is 1. The number of fused-ring (bicyclic) bond motifs is 2. The molecule has 184 valence electrons. The van der Waals surface area contributed by atoms with E-state index in [9.17, 15) is 4.39 Å². The number of hydrogen-bond donors (Lipinski definition) is 3. The zero-order chi connectivity index (χ0) is 25.6. The second-order valence-corrected chi connectivity index (χ2v) is 12.1. The van der Waals surface area contributed by atoms with Crippen molar-refractivity contribution < 1.29 is 4.39 Å². The van der Waals surface area contributed by atoms with Crippen LogP contribution < -0.4 is 4.72 Å². The highest BCUT2D eigenvalue weighted by molar-refractivity contribution is 8.25. The maximum atomic E-state index is 14.6. The molecule has 2 aromatic carbocycles. The smallest absolute Gasteiger partial charge is 0.124 e. The topological polar surface area (TPSA) is 95.2 Å². The molecule has 6 rings (SSSR count). The van der Waals surface area contributed by atoms with Crippen LogP contribution in [0, 0.1) is 5.82 Å². The molecular weight excluding hydrogens is 485 g/mol. The van der Waals surface area contributed by atoms with Gasteiger partial charge >= 0.3 is 0 Å². The quantitative estimate of drug-likeness (QED) is 0.251. The van der Waals surface area contributed by atoms with Gasteiger partial charge in [0.25, 0.3) is 0 Å². The fraction of sp³-hybridized carbons (Fsp3) is 0.0714. The normalized spacial score (nSPS) is 11.9. The average Bonchev–Trinajstić information content (AvgIpc) is 3.51. The first-order valence-electron chi connectivity index (χ1n) is 11.5. The van der Waals surface area contributed by atoms with E-state index in [2.05, 4.69) is 52.7 Å². The van der Waals surface area contributed by atoms with Crippen LogP contribution in [-0.2, 0) is 6.54 Å². The molecule has 6 aromatic rings. The predicted octanol–water partition coefficient (Wildman–Crippen LogP) is 5.67. The number of H-pyrrole nitrogens is 2. The number of nitrogens with zero attached hydrogens (tertiary/aromatic N) is 4. The first-order valence-corrected chi connectivity index (χ1v) is 13.9. The minimum atomic E-state index is -1.41. The molecule has 0 aliphatic carbocycles. The van der Waals surface area contributed by atoms with E-state index in [-0.39, 0.29) is 5.82 Å². The van der Waals surface area contributed by atoms with Crippen molar-refractivity contribution in [3.05, 3.63) is 85.0 Å². The van der Waals surface area contributed by atoms with Gasteiger partial charge in [-0.15, -0.1) is 0 Å². The Labute approximate surface area is 213 Å². The SMILES string of the molecule is C=S(=C)(C)NCc1cc(F)cc(-c2cncc3[nH]c(-c4n[nH]c5ccc(-c6cncnc6)cc45)cc23)c1. The van der Waals surface area contributed by atoms with Crippen molar-refractivity contribution in [1.82, 2.24) is 34.9 Å². The largest absolute Gasteiger partial charge is 0.352 e. The summed E-state index contributed by atoms with van der Waals surface area (Å²) in [4.78, 5) is 16.1. The highest BCUT2D eigenvalue weighted by atomic mass is 32.2. The average molecular weight is 510 g/mol. The molecule has 0 saturated heterocycles. The Morgan fingerprint density at radius 3 is 2.51 bits per heavy atom. The van der Waals surface area contributed by atoms with Crippen LogP contribution in [0.25, 0.3) is 55.4 Å². The van der Waals surface area contributed by atoms with E-state index in [1.165, 1.54) is 18.5 Å². The lowest BCUT2D eigenvalue weighted by Crippen LogP contribution is -2.08. The molecule has 3 N–H and O–H groups in total. The fourth-order valence-corrected chi connectivity index (χ4v) is 4.94. The Balaban J connectivity index is 1.44. The van der Waals surface area contributed by atoms with Gasteiger partial charge in [0.05, 0.1) is 22.9 Å². The zero-order valence-corrected chi connectivity index (χ0v) is 20.9. The first kappa shape index (κ1) is 23.1. The maximum Gasteiger partial charge on any atom is 0.124 e. The van der Waals surface area contributed by atoms with Crippen molar-refractivity contribution in [2.75, 3.05) is 6.26 Å². The molecule has 0 fully saturated rings. The second-order valence-electron chi connectivity index (χ2n) is 9.23. The minimum Gasteiger partial charge on any atom is -0.352 e. The van der Waals surface area contributed by atoms with E-state index in [0.717, 1.165) is 61.0 Å². The van der Waals surface area contributed by atoms with Crippen LogP contribution in [0.4, 0.5) is 4.39 Å². The van der Waals surface area contributed by atoms with Gasteiger partial charge in [-0.2, -0.15) is 14.5 Å². The molecule has 0 aliphatic rings. The molecule has 0 amide bonds. The third-order valence-corrected chi connectivity index (χ3v) is 6.99. The molecule has 0 saturated carbocycles. The van der Waals surface area contributed by atoms with Crippen molar-refractivity contribution >= 4 is 42.9 Å². The second kappa shape index (κ2) is 8.95. The monoisotopic (exact) mass is 509 g/mol. The lowest BCUT2D eigenvalue weighted by atomic mass is 10.0. The van der Waals surface area contributed by atoms with Gasteiger partial charge in [0.2, 0.25) is 0 Å². The molecule has 0 radical (unpaired) electrons. The van der Waals surface area contributed by atoms with Crippen LogP contribution >= 0.6 is 9.39 Å². The number of nitrogens with one attached hydrogen (secondary N) is 3. The molecule has 9 heteroatoms. The van der Waals surface area contributed by atoms with Crippen molar-refractivity contribution in [1.29, 1.82) is 0 Å². The van der Waals surface area contributed by atoms with E-state index in [0.29, 0.717) is 6.54 Å². The maximum absolute atomic E-state index is 14.6. The van der Waals surface area contributed by atoms with Gasteiger partial charge in [0.15, 0.2) is 0 Å². The highest BCUT2D eigenvalue weighted by Gasteiger charge is 2.15. The third-order valence-electron chi connectivity index (χ3n) is 6.15. The van der Waals surface area contributed by atoms with E-state index in [1.807, 2.05) is 30.5 Å². The molecule has 37 heavy (non-hydrogen) atoms. The van der Waals surface area contributed by atoms with E-state index >= 15 is 0 Å². The number of aromatic nitrogens is 6. The molecule has 7 nitrogen and oxygen atoms in total. The Kier molecular flexibility index (Phi) is 5.58. The number of benzene rings is 2. The molecule has 0 unspecified atom stereocenters. The lowest BCUT2D eigenvalue weighted by Gasteiger charge is -2.12. The van der Waals surface area contributed by atoms with Crippen LogP contribution in [-0.4, -0.2) is 48.1 Å². The van der Waals surface area contributed by atoms with Gasteiger partial charge in [-0.05, 0) is 59.3 Å². The van der Waals surface area contributed by atoms with Crippen LogP contribution in [0.2, 0.25) is 0 Å². The standard InChI is InChI=1S/C28H24FN7S/c1-37(2,3)33-11-17-6-19(8-21(29)7-17)24-14-30-15-27-22(24)10-26(34-27)28-23-9-18(4-5-25(23)35-36-28)20-12-31-16-32-13-20/h4-10,12-16,33-34H,1-2,11H2,3H3,(H,35,36). The van der Waals surface area contributed by atoms with Crippen molar-refractivity contribution in [2.45, 2.75) is 6.54 Å². The summed E-state index contributed by atoms with van der Waals surface area (Å²) in [7, 11) is -1.41. The van der Waals surface area contributed by atoms with Gasteiger partial charge < -0.3 is 4.98 Å². The molecule has 0 aliphatic heterocycles. The first-order chi connectivity index (χ1) is 17.8. The number of aromatic amines is 2. The number of halogens is 1. The Hall–Kier alpha value is -4.34.